The average Bonchev–Trinajstić information content (AvgIpc) is 2.97. The molecule has 2 heterocycles. The Labute approximate surface area is 144 Å². The number of nitrogens with zero attached hydrogens (tertiary/aromatic N) is 4. The number of nitrogens with one attached hydrogen (secondary N) is 1. The number of aryl methyl sites for hydroxylation is 1. The predicted molar refractivity (Wildman–Crippen MR) is 91.9 cm³/mol. The van der Waals surface area contributed by atoms with Gasteiger partial charge in [0, 0.05) is 17.8 Å². The van der Waals surface area contributed by atoms with E-state index >= 15 is 0 Å². The molecule has 10 heteroatoms. The minimum Gasteiger partial charge on any atom is -0.379 e. The number of anilines is 1. The lowest BCUT2D eigenvalue weighted by Crippen LogP contribution is -2.16. The van der Waals surface area contributed by atoms with Crippen LogP contribution in [-0.2, 0) is 13.0 Å². The van der Waals surface area contributed by atoms with Gasteiger partial charge in [0.1, 0.15) is 10.0 Å². The van der Waals surface area contributed by atoms with Crippen molar-refractivity contribution >= 4 is 39.3 Å². The highest BCUT2D eigenvalue weighted by Crippen LogP contribution is 2.27. The molecule has 2 aromatic heterocycles. The summed E-state index contributed by atoms with van der Waals surface area (Å²) in [5.74, 6) is 0. The number of benzene rings is 1. The van der Waals surface area contributed by atoms with E-state index in [1.54, 1.807) is 6.07 Å². The van der Waals surface area contributed by atoms with Gasteiger partial charge in [-0.1, -0.05) is 29.9 Å². The molecule has 0 aliphatic heterocycles. The Bertz CT molecular complexity index is 984. The number of nitro benzene ring substituents is 1. The van der Waals surface area contributed by atoms with Crippen molar-refractivity contribution in [3.05, 3.63) is 60.5 Å². The summed E-state index contributed by atoms with van der Waals surface area (Å²) < 4.78 is 1.28. The molecule has 0 fully saturated rings. The first kappa shape index (κ1) is 16.3. The van der Waals surface area contributed by atoms with Crippen LogP contribution in [-0.4, -0.2) is 19.5 Å². The number of nitro groups is 1. The van der Waals surface area contributed by atoms with Crippen molar-refractivity contribution in [2.75, 3.05) is 5.32 Å². The summed E-state index contributed by atoms with van der Waals surface area (Å²) in [6, 6.07) is 5.81. The zero-order valence-electron chi connectivity index (χ0n) is 12.5. The molecule has 0 aliphatic rings. The van der Waals surface area contributed by atoms with Crippen molar-refractivity contribution in [3.63, 3.8) is 0 Å². The van der Waals surface area contributed by atoms with E-state index in [2.05, 4.69) is 15.4 Å². The summed E-state index contributed by atoms with van der Waals surface area (Å²) in [4.78, 5) is 27.3. The molecule has 1 aromatic carbocycles. The van der Waals surface area contributed by atoms with Crippen LogP contribution in [0.25, 0.3) is 4.96 Å². The van der Waals surface area contributed by atoms with Crippen LogP contribution < -0.4 is 10.9 Å². The number of fused-ring (bicyclic) bond motifs is 1. The van der Waals surface area contributed by atoms with Gasteiger partial charge in [-0.25, -0.2) is 4.98 Å². The van der Waals surface area contributed by atoms with Gasteiger partial charge in [0.05, 0.1) is 17.2 Å². The van der Waals surface area contributed by atoms with E-state index < -0.39 is 4.92 Å². The van der Waals surface area contributed by atoms with Crippen LogP contribution in [0.3, 0.4) is 0 Å². The maximum atomic E-state index is 12.1. The van der Waals surface area contributed by atoms with Crippen molar-refractivity contribution in [1.82, 2.24) is 14.6 Å². The van der Waals surface area contributed by atoms with Gasteiger partial charge in [-0.2, -0.15) is 9.61 Å². The van der Waals surface area contributed by atoms with Crippen LogP contribution in [0.2, 0.25) is 5.02 Å². The normalized spacial score (nSPS) is 10.9. The van der Waals surface area contributed by atoms with Gasteiger partial charge >= 0.3 is 0 Å². The smallest absolute Gasteiger partial charge is 0.289 e. The molecule has 0 radical (unpaired) electrons. The molecular weight excluding hydrogens is 354 g/mol. The molecule has 24 heavy (non-hydrogen) atoms. The Morgan fingerprint density at radius 3 is 2.92 bits per heavy atom. The minimum absolute atomic E-state index is 0.0695. The second-order valence-electron chi connectivity index (χ2n) is 4.91. The second-order valence-corrected chi connectivity index (χ2v) is 6.35. The molecule has 3 aromatic rings. The van der Waals surface area contributed by atoms with Crippen LogP contribution in [0.1, 0.15) is 17.6 Å². The average molecular weight is 366 g/mol. The maximum Gasteiger partial charge on any atom is 0.289 e. The molecule has 0 unspecified atom stereocenters. The highest BCUT2D eigenvalue weighted by molar-refractivity contribution is 7.16. The van der Waals surface area contributed by atoms with Crippen LogP contribution in [0.4, 0.5) is 11.4 Å². The standard InChI is InChI=1S/C14H12ClN5O3S/c1-2-12-18-19-13(21)6-9(17-14(19)24-12)7-16-8-3-4-10(15)11(5-8)20(22)23/h3-6,16H,2,7H2,1H3. The van der Waals surface area contributed by atoms with E-state index in [0.717, 1.165) is 11.4 Å². The van der Waals surface area contributed by atoms with Crippen molar-refractivity contribution < 1.29 is 4.92 Å². The summed E-state index contributed by atoms with van der Waals surface area (Å²) in [6.07, 6.45) is 0.732. The first-order chi connectivity index (χ1) is 11.5. The van der Waals surface area contributed by atoms with E-state index in [9.17, 15) is 14.9 Å². The van der Waals surface area contributed by atoms with Crippen molar-refractivity contribution in [2.24, 2.45) is 0 Å². The lowest BCUT2D eigenvalue weighted by Gasteiger charge is -2.06. The first-order valence-electron chi connectivity index (χ1n) is 7.04. The molecule has 0 spiro atoms. The highest BCUT2D eigenvalue weighted by Gasteiger charge is 2.13. The third-order valence-corrected chi connectivity index (χ3v) is 4.63. The van der Waals surface area contributed by atoms with E-state index in [1.807, 2.05) is 6.92 Å². The zero-order valence-corrected chi connectivity index (χ0v) is 14.1. The van der Waals surface area contributed by atoms with Crippen molar-refractivity contribution in [1.29, 1.82) is 0 Å². The van der Waals surface area contributed by atoms with Gasteiger partial charge in [0.25, 0.3) is 11.2 Å². The quantitative estimate of drug-likeness (QED) is 0.551. The molecule has 3 rings (SSSR count). The van der Waals surface area contributed by atoms with Gasteiger partial charge < -0.3 is 5.32 Å². The van der Waals surface area contributed by atoms with E-state index in [1.165, 1.54) is 34.1 Å². The number of rotatable bonds is 5. The van der Waals surface area contributed by atoms with Gasteiger partial charge in [-0.3, -0.25) is 14.9 Å². The maximum absolute atomic E-state index is 12.1. The third-order valence-electron chi connectivity index (χ3n) is 3.26. The van der Waals surface area contributed by atoms with E-state index in [0.29, 0.717) is 16.3 Å². The number of hydrogen-bond donors (Lipinski definition) is 1. The Morgan fingerprint density at radius 1 is 1.42 bits per heavy atom. The number of halogens is 1. The molecule has 8 nitrogen and oxygen atoms in total. The summed E-state index contributed by atoms with van der Waals surface area (Å²) in [6.45, 7) is 2.21. The fraction of sp³-hybridized carbons (Fsp3) is 0.214. The molecule has 124 valence electrons. The summed E-state index contributed by atoms with van der Waals surface area (Å²) in [5.41, 5.74) is 0.616. The summed E-state index contributed by atoms with van der Waals surface area (Å²) in [7, 11) is 0. The Hall–Kier alpha value is -2.52. The largest absolute Gasteiger partial charge is 0.379 e. The van der Waals surface area contributed by atoms with Crippen molar-refractivity contribution in [3.8, 4) is 0 Å². The molecule has 0 amide bonds. The SMILES string of the molecule is CCc1nn2c(=O)cc(CNc3ccc(Cl)c([N+](=O)[O-])c3)nc2s1. The Balaban J connectivity index is 1.84. The van der Waals surface area contributed by atoms with Crippen LogP contribution in [0, 0.1) is 10.1 Å². The molecule has 1 N–H and O–H groups in total. The molecule has 0 saturated carbocycles. The number of aromatic nitrogens is 3. The van der Waals surface area contributed by atoms with Crippen molar-refractivity contribution in [2.45, 2.75) is 19.9 Å². The predicted octanol–water partition coefficient (Wildman–Crippen LogP) is 2.89. The van der Waals surface area contributed by atoms with Gasteiger partial charge in [-0.15, -0.1) is 0 Å². The summed E-state index contributed by atoms with van der Waals surface area (Å²) >= 11 is 7.14. The fourth-order valence-electron chi connectivity index (χ4n) is 2.08. The van der Waals surface area contributed by atoms with Crippen LogP contribution in [0.15, 0.2) is 29.1 Å². The third kappa shape index (κ3) is 3.22. The molecule has 0 bridgehead atoms. The van der Waals surface area contributed by atoms with E-state index in [-0.39, 0.29) is 22.8 Å². The zero-order chi connectivity index (χ0) is 17.3. The van der Waals surface area contributed by atoms with Crippen LogP contribution >= 0.6 is 22.9 Å². The Kier molecular flexibility index (Phi) is 4.45. The minimum atomic E-state index is -0.548. The van der Waals surface area contributed by atoms with Crippen LogP contribution in [0.5, 0.6) is 0 Å². The van der Waals surface area contributed by atoms with Gasteiger partial charge in [0.15, 0.2) is 0 Å². The summed E-state index contributed by atoms with van der Waals surface area (Å²) in [5, 5.41) is 19.0. The first-order valence-corrected chi connectivity index (χ1v) is 8.24. The molecule has 0 atom stereocenters. The topological polar surface area (TPSA) is 102 Å². The van der Waals surface area contributed by atoms with E-state index in [4.69, 9.17) is 11.6 Å². The molecule has 0 saturated heterocycles. The fourth-order valence-corrected chi connectivity index (χ4v) is 3.13. The monoisotopic (exact) mass is 365 g/mol. The molecular formula is C14H12ClN5O3S. The lowest BCUT2D eigenvalue weighted by molar-refractivity contribution is -0.384. The lowest BCUT2D eigenvalue weighted by atomic mass is 10.2. The Morgan fingerprint density at radius 2 is 2.21 bits per heavy atom. The second kappa shape index (κ2) is 6.54. The highest BCUT2D eigenvalue weighted by atomic mass is 35.5. The number of hydrogen-bond acceptors (Lipinski definition) is 7. The van der Waals surface area contributed by atoms with Gasteiger partial charge in [0.2, 0.25) is 4.96 Å². The van der Waals surface area contributed by atoms with Gasteiger partial charge in [-0.05, 0) is 18.6 Å². The molecule has 0 aliphatic carbocycles.